The summed E-state index contributed by atoms with van der Waals surface area (Å²) in [7, 11) is 1.58. The molecule has 33 heavy (non-hydrogen) atoms. The summed E-state index contributed by atoms with van der Waals surface area (Å²) in [5.41, 5.74) is 8.18. The Bertz CT molecular complexity index is 1120. The number of methoxy groups -OCH3 is 1. The third-order valence-electron chi connectivity index (χ3n) is 4.97. The lowest BCUT2D eigenvalue weighted by molar-refractivity contribution is -0.116. The first-order chi connectivity index (χ1) is 15.9. The molecule has 0 radical (unpaired) electrons. The number of benzene rings is 3. The smallest absolute Gasteiger partial charge is 0.224 e. The molecule has 3 rings (SSSR count). The lowest BCUT2D eigenvalue weighted by Crippen LogP contribution is -2.29. The van der Waals surface area contributed by atoms with Gasteiger partial charge in [-0.05, 0) is 48.0 Å². The minimum absolute atomic E-state index is 0.174. The van der Waals surface area contributed by atoms with Crippen molar-refractivity contribution in [1.82, 2.24) is 0 Å². The van der Waals surface area contributed by atoms with Gasteiger partial charge in [0, 0.05) is 37.3 Å². The molecule has 3 N–H and O–H groups in total. The predicted octanol–water partition coefficient (Wildman–Crippen LogP) is 5.45. The fourth-order valence-corrected chi connectivity index (χ4v) is 3.30. The molecule has 0 saturated heterocycles. The van der Waals surface area contributed by atoms with E-state index in [0.717, 1.165) is 11.3 Å². The molecule has 0 bridgehead atoms. The van der Waals surface area contributed by atoms with E-state index >= 15 is 0 Å². The van der Waals surface area contributed by atoms with Crippen LogP contribution in [-0.2, 0) is 11.3 Å². The van der Waals surface area contributed by atoms with Crippen LogP contribution in [0.2, 0.25) is 0 Å². The Kier molecular flexibility index (Phi) is 7.91. The van der Waals surface area contributed by atoms with Crippen molar-refractivity contribution in [1.29, 1.82) is 0 Å². The first-order valence-corrected chi connectivity index (χ1v) is 10.5. The number of rotatable bonds is 10. The van der Waals surface area contributed by atoms with Crippen LogP contribution in [0.5, 0.6) is 17.2 Å². The van der Waals surface area contributed by atoms with Gasteiger partial charge in [0.25, 0.3) is 0 Å². The van der Waals surface area contributed by atoms with E-state index < -0.39 is 5.82 Å². The number of hydrogen-bond acceptors (Lipinski definition) is 5. The number of halogens is 1. The van der Waals surface area contributed by atoms with E-state index in [1.807, 2.05) is 36.4 Å². The van der Waals surface area contributed by atoms with E-state index in [1.54, 1.807) is 19.2 Å². The van der Waals surface area contributed by atoms with Gasteiger partial charge in [0.05, 0.1) is 19.3 Å². The molecule has 0 spiro atoms. The number of para-hydroxylation sites is 1. The van der Waals surface area contributed by atoms with Crippen LogP contribution in [0, 0.1) is 5.82 Å². The van der Waals surface area contributed by atoms with Gasteiger partial charge in [0.2, 0.25) is 5.91 Å². The van der Waals surface area contributed by atoms with Crippen LogP contribution < -0.4 is 25.4 Å². The van der Waals surface area contributed by atoms with Crippen LogP contribution in [0.15, 0.2) is 79.0 Å². The second-order valence-corrected chi connectivity index (χ2v) is 7.49. The van der Waals surface area contributed by atoms with E-state index in [2.05, 4.69) is 11.9 Å². The van der Waals surface area contributed by atoms with Crippen molar-refractivity contribution in [2.75, 3.05) is 23.9 Å². The van der Waals surface area contributed by atoms with Crippen LogP contribution >= 0.6 is 0 Å². The molecule has 3 aromatic rings. The first-order valence-electron chi connectivity index (χ1n) is 10.5. The molecule has 0 aromatic heterocycles. The minimum Gasteiger partial charge on any atom is -0.497 e. The fraction of sp³-hybridized carbons (Fsp3) is 0.192. The fourth-order valence-electron chi connectivity index (χ4n) is 3.30. The first kappa shape index (κ1) is 23.7. The zero-order valence-electron chi connectivity index (χ0n) is 18.8. The van der Waals surface area contributed by atoms with E-state index in [0.29, 0.717) is 41.6 Å². The molecule has 0 fully saturated rings. The summed E-state index contributed by atoms with van der Waals surface area (Å²) in [4.78, 5) is 14.2. The maximum Gasteiger partial charge on any atom is 0.224 e. The van der Waals surface area contributed by atoms with Gasteiger partial charge in [0.1, 0.15) is 17.3 Å². The highest BCUT2D eigenvalue weighted by Crippen LogP contribution is 2.35. The summed E-state index contributed by atoms with van der Waals surface area (Å²) in [6.07, 6.45) is 0.598. The van der Waals surface area contributed by atoms with E-state index in [9.17, 15) is 9.18 Å². The zero-order chi connectivity index (χ0) is 23.8. The van der Waals surface area contributed by atoms with Gasteiger partial charge in [0.15, 0.2) is 5.75 Å². The van der Waals surface area contributed by atoms with Crippen LogP contribution in [0.4, 0.5) is 15.8 Å². The van der Waals surface area contributed by atoms with Crippen molar-refractivity contribution in [2.24, 2.45) is 5.73 Å². The van der Waals surface area contributed by atoms with Gasteiger partial charge in [-0.15, -0.1) is 0 Å². The summed E-state index contributed by atoms with van der Waals surface area (Å²) >= 11 is 0. The molecule has 6 nitrogen and oxygen atoms in total. The third kappa shape index (κ3) is 6.49. The second kappa shape index (κ2) is 11.0. The highest BCUT2D eigenvalue weighted by Gasteiger charge is 2.20. The van der Waals surface area contributed by atoms with Crippen molar-refractivity contribution in [2.45, 2.75) is 19.9 Å². The Balaban J connectivity index is 1.97. The lowest BCUT2D eigenvalue weighted by Gasteiger charge is -2.25. The molecule has 3 aromatic carbocycles. The number of carbonyl (C=O) groups excluding carboxylic acids is 1. The Morgan fingerprint density at radius 1 is 1.09 bits per heavy atom. The van der Waals surface area contributed by atoms with Gasteiger partial charge in [-0.3, -0.25) is 4.79 Å². The quantitative estimate of drug-likeness (QED) is 0.430. The molecule has 1 amide bonds. The van der Waals surface area contributed by atoms with E-state index in [1.165, 1.54) is 30.0 Å². The summed E-state index contributed by atoms with van der Waals surface area (Å²) in [6, 6.07) is 18.8. The topological polar surface area (TPSA) is 76.8 Å². The Morgan fingerprint density at radius 2 is 1.85 bits per heavy atom. The van der Waals surface area contributed by atoms with Gasteiger partial charge in [-0.2, -0.15) is 0 Å². The Labute approximate surface area is 193 Å². The standard InChI is InChI=1S/C26H28FN3O3/c1-18(28)13-14-29-24-11-10-23(32-3)15-20(24)17-30(19(2)31)25-16-21(27)9-12-26(25)33-22-7-5-4-6-8-22/h4-12,15-16,29H,1,13-14,17,28H2,2-3H3. The number of nitrogens with zero attached hydrogens (tertiary/aromatic N) is 1. The molecule has 0 aliphatic carbocycles. The van der Waals surface area contributed by atoms with Crippen LogP contribution in [0.3, 0.4) is 0 Å². The zero-order valence-corrected chi connectivity index (χ0v) is 18.8. The molecule has 0 aliphatic rings. The predicted molar refractivity (Wildman–Crippen MR) is 129 cm³/mol. The molecule has 0 saturated carbocycles. The molecule has 0 aliphatic heterocycles. The monoisotopic (exact) mass is 449 g/mol. The summed E-state index contributed by atoms with van der Waals surface area (Å²) in [5.74, 6) is 0.862. The number of hydrogen-bond donors (Lipinski definition) is 2. The van der Waals surface area contributed by atoms with Gasteiger partial charge >= 0.3 is 0 Å². The van der Waals surface area contributed by atoms with E-state index in [-0.39, 0.29) is 12.5 Å². The van der Waals surface area contributed by atoms with Crippen LogP contribution in [0.1, 0.15) is 18.9 Å². The van der Waals surface area contributed by atoms with Gasteiger partial charge < -0.3 is 25.4 Å². The molecular formula is C26H28FN3O3. The largest absolute Gasteiger partial charge is 0.497 e. The number of nitrogens with two attached hydrogens (primary N) is 1. The maximum atomic E-state index is 14.2. The van der Waals surface area contributed by atoms with Crippen molar-refractivity contribution in [3.8, 4) is 17.2 Å². The van der Waals surface area contributed by atoms with Crippen LogP contribution in [-0.4, -0.2) is 19.6 Å². The van der Waals surface area contributed by atoms with Crippen molar-refractivity contribution in [3.05, 3.63) is 90.4 Å². The highest BCUT2D eigenvalue weighted by molar-refractivity contribution is 5.93. The third-order valence-corrected chi connectivity index (χ3v) is 4.97. The molecule has 0 unspecified atom stereocenters. The Morgan fingerprint density at radius 3 is 2.52 bits per heavy atom. The van der Waals surface area contributed by atoms with Crippen LogP contribution in [0.25, 0.3) is 0 Å². The molecule has 0 atom stereocenters. The summed E-state index contributed by atoms with van der Waals surface area (Å²) < 4.78 is 25.6. The highest BCUT2D eigenvalue weighted by atomic mass is 19.1. The SMILES string of the molecule is C=C(N)CCNc1ccc(OC)cc1CN(C(C)=O)c1cc(F)ccc1Oc1ccccc1. The lowest BCUT2D eigenvalue weighted by atomic mass is 10.1. The number of amides is 1. The molecule has 172 valence electrons. The number of ether oxygens (including phenoxy) is 2. The second-order valence-electron chi connectivity index (χ2n) is 7.49. The number of nitrogens with one attached hydrogen (secondary N) is 1. The maximum absolute atomic E-state index is 14.2. The molecular weight excluding hydrogens is 421 g/mol. The van der Waals surface area contributed by atoms with Gasteiger partial charge in [-0.1, -0.05) is 24.8 Å². The normalized spacial score (nSPS) is 10.4. The number of carbonyl (C=O) groups is 1. The van der Waals surface area contributed by atoms with Gasteiger partial charge in [-0.25, -0.2) is 4.39 Å². The summed E-state index contributed by atoms with van der Waals surface area (Å²) in [5, 5.41) is 3.32. The summed E-state index contributed by atoms with van der Waals surface area (Å²) in [6.45, 7) is 5.90. The Hall–Kier alpha value is -4.00. The average molecular weight is 450 g/mol. The van der Waals surface area contributed by atoms with Crippen molar-refractivity contribution >= 4 is 17.3 Å². The number of anilines is 2. The minimum atomic E-state index is -0.470. The molecule has 7 heteroatoms. The van der Waals surface area contributed by atoms with E-state index in [4.69, 9.17) is 15.2 Å². The molecule has 0 heterocycles. The van der Waals surface area contributed by atoms with Crippen molar-refractivity contribution < 1.29 is 18.7 Å². The van der Waals surface area contributed by atoms with Crippen molar-refractivity contribution in [3.63, 3.8) is 0 Å². The average Bonchev–Trinajstić information content (AvgIpc) is 2.79.